The Hall–Kier alpha value is -1.59. The highest BCUT2D eigenvalue weighted by atomic mass is 35.5. The number of benzene rings is 1. The van der Waals surface area contributed by atoms with Crippen molar-refractivity contribution in [2.75, 3.05) is 13.1 Å². The Morgan fingerprint density at radius 1 is 1.08 bits per heavy atom. The van der Waals surface area contributed by atoms with Crippen molar-refractivity contribution >= 4 is 24.2 Å². The van der Waals surface area contributed by atoms with Gasteiger partial charge in [-0.05, 0) is 36.5 Å². The van der Waals surface area contributed by atoms with Gasteiger partial charge in [-0.2, -0.15) is 0 Å². The van der Waals surface area contributed by atoms with Crippen LogP contribution in [0.15, 0.2) is 24.3 Å². The van der Waals surface area contributed by atoms with Crippen LogP contribution in [0.3, 0.4) is 0 Å². The van der Waals surface area contributed by atoms with Gasteiger partial charge in [0, 0.05) is 31.1 Å². The fourth-order valence-electron chi connectivity index (χ4n) is 2.04. The summed E-state index contributed by atoms with van der Waals surface area (Å²) < 4.78 is 0. The Labute approximate surface area is 151 Å². The average Bonchev–Trinajstić information content (AvgIpc) is 2.46. The largest absolute Gasteiger partial charge is 0.356 e. The van der Waals surface area contributed by atoms with E-state index in [9.17, 15) is 9.59 Å². The fraction of sp³-hybridized carbons (Fsp3) is 0.556. The molecule has 6 heteroatoms. The molecule has 0 heterocycles. The summed E-state index contributed by atoms with van der Waals surface area (Å²) in [6.07, 6.45) is 1.02. The van der Waals surface area contributed by atoms with Crippen molar-refractivity contribution in [1.29, 1.82) is 0 Å². The number of hydrogen-bond acceptors (Lipinski definition) is 3. The van der Waals surface area contributed by atoms with E-state index in [-0.39, 0.29) is 42.1 Å². The molecule has 24 heavy (non-hydrogen) atoms. The highest BCUT2D eigenvalue weighted by molar-refractivity contribution is 5.94. The van der Waals surface area contributed by atoms with Crippen LogP contribution in [0, 0.1) is 0 Å². The zero-order valence-corrected chi connectivity index (χ0v) is 15.8. The van der Waals surface area contributed by atoms with E-state index in [1.165, 1.54) is 5.56 Å². The maximum atomic E-state index is 12.0. The maximum absolute atomic E-state index is 12.0. The lowest BCUT2D eigenvalue weighted by Crippen LogP contribution is -2.32. The van der Waals surface area contributed by atoms with Crippen LogP contribution in [0.4, 0.5) is 0 Å². The number of nitrogens with two attached hydrogens (primary N) is 1. The fourth-order valence-corrected chi connectivity index (χ4v) is 2.04. The number of rotatable bonds is 7. The van der Waals surface area contributed by atoms with Crippen molar-refractivity contribution in [2.24, 2.45) is 5.73 Å². The van der Waals surface area contributed by atoms with E-state index >= 15 is 0 Å². The molecule has 2 amide bonds. The highest BCUT2D eigenvalue weighted by Gasteiger charge is 2.14. The number of carbonyl (C=O) groups excluding carboxylic acids is 2. The van der Waals surface area contributed by atoms with Crippen molar-refractivity contribution in [3.63, 3.8) is 0 Å². The molecule has 0 aliphatic heterocycles. The molecule has 0 radical (unpaired) electrons. The van der Waals surface area contributed by atoms with Crippen molar-refractivity contribution in [1.82, 2.24) is 10.6 Å². The second kappa shape index (κ2) is 10.3. The van der Waals surface area contributed by atoms with Gasteiger partial charge in [-0.25, -0.2) is 0 Å². The minimum Gasteiger partial charge on any atom is -0.356 e. The van der Waals surface area contributed by atoms with Crippen LogP contribution in [0.2, 0.25) is 0 Å². The quantitative estimate of drug-likeness (QED) is 0.702. The molecule has 0 fully saturated rings. The van der Waals surface area contributed by atoms with Crippen LogP contribution < -0.4 is 16.4 Å². The molecule has 0 spiro atoms. The smallest absolute Gasteiger partial charge is 0.251 e. The van der Waals surface area contributed by atoms with Gasteiger partial charge in [0.15, 0.2) is 0 Å². The predicted octanol–water partition coefficient (Wildman–Crippen LogP) is 2.38. The highest BCUT2D eigenvalue weighted by Crippen LogP contribution is 2.22. The van der Waals surface area contributed by atoms with Crippen molar-refractivity contribution < 1.29 is 9.59 Å². The first-order valence-electron chi connectivity index (χ1n) is 8.11. The third-order valence-electron chi connectivity index (χ3n) is 3.57. The topological polar surface area (TPSA) is 84.2 Å². The maximum Gasteiger partial charge on any atom is 0.251 e. The van der Waals surface area contributed by atoms with Gasteiger partial charge < -0.3 is 16.4 Å². The summed E-state index contributed by atoms with van der Waals surface area (Å²) in [7, 11) is 0. The minimum atomic E-state index is -0.158. The lowest BCUT2D eigenvalue weighted by atomic mass is 9.87. The lowest BCUT2D eigenvalue weighted by molar-refractivity contribution is -0.120. The summed E-state index contributed by atoms with van der Waals surface area (Å²) in [6.45, 7) is 9.18. The van der Waals surface area contributed by atoms with Gasteiger partial charge in [0.25, 0.3) is 5.91 Å². The van der Waals surface area contributed by atoms with Crippen molar-refractivity contribution in [3.05, 3.63) is 35.4 Å². The predicted molar refractivity (Wildman–Crippen MR) is 101 cm³/mol. The van der Waals surface area contributed by atoms with Gasteiger partial charge in [0.2, 0.25) is 5.91 Å². The Morgan fingerprint density at radius 2 is 1.67 bits per heavy atom. The summed E-state index contributed by atoms with van der Waals surface area (Å²) in [4.78, 5) is 23.6. The van der Waals surface area contributed by atoms with E-state index in [0.29, 0.717) is 18.7 Å². The average molecular weight is 356 g/mol. The molecule has 0 aliphatic carbocycles. The Kier molecular flexibility index (Phi) is 9.63. The zero-order valence-electron chi connectivity index (χ0n) is 15.0. The SMILES string of the molecule is CC(N)CCNC(=O)CCNC(=O)c1ccc(C(C)(C)C)cc1.Cl. The first-order valence-corrected chi connectivity index (χ1v) is 8.11. The van der Waals surface area contributed by atoms with Crippen LogP contribution in [0.5, 0.6) is 0 Å². The molecule has 0 bridgehead atoms. The molecular weight excluding hydrogens is 326 g/mol. The van der Waals surface area contributed by atoms with Gasteiger partial charge in [0.1, 0.15) is 0 Å². The van der Waals surface area contributed by atoms with Gasteiger partial charge in [0.05, 0.1) is 0 Å². The molecule has 1 unspecified atom stereocenters. The molecule has 1 aromatic carbocycles. The number of halogens is 1. The molecule has 136 valence electrons. The van der Waals surface area contributed by atoms with Gasteiger partial charge in [-0.15, -0.1) is 12.4 Å². The standard InChI is InChI=1S/C18H29N3O2.ClH/c1-13(19)9-11-20-16(22)10-12-21-17(23)14-5-7-15(8-6-14)18(2,3)4;/h5-8,13H,9-12,19H2,1-4H3,(H,20,22)(H,21,23);1H. The van der Waals surface area contributed by atoms with Crippen LogP contribution in [-0.2, 0) is 10.2 Å². The molecule has 0 aromatic heterocycles. The summed E-state index contributed by atoms with van der Waals surface area (Å²) in [5, 5.41) is 5.54. The first-order chi connectivity index (χ1) is 10.7. The number of amides is 2. The number of hydrogen-bond donors (Lipinski definition) is 3. The van der Waals surface area contributed by atoms with Gasteiger partial charge >= 0.3 is 0 Å². The second-order valence-electron chi connectivity index (χ2n) is 6.95. The lowest BCUT2D eigenvalue weighted by Gasteiger charge is -2.19. The minimum absolute atomic E-state index is 0. The zero-order chi connectivity index (χ0) is 17.5. The molecule has 1 atom stereocenters. The third kappa shape index (κ3) is 8.31. The van der Waals surface area contributed by atoms with Gasteiger partial charge in [-0.1, -0.05) is 32.9 Å². The summed E-state index contributed by atoms with van der Waals surface area (Å²) in [5.41, 5.74) is 7.47. The van der Waals surface area contributed by atoms with E-state index < -0.39 is 0 Å². The van der Waals surface area contributed by atoms with Crippen LogP contribution in [-0.4, -0.2) is 30.9 Å². The monoisotopic (exact) mass is 355 g/mol. The van der Waals surface area contributed by atoms with Crippen LogP contribution in [0.1, 0.15) is 56.5 Å². The van der Waals surface area contributed by atoms with E-state index in [0.717, 1.165) is 6.42 Å². The summed E-state index contributed by atoms with van der Waals surface area (Å²) >= 11 is 0. The normalized spacial score (nSPS) is 12.0. The van der Waals surface area contributed by atoms with E-state index in [1.54, 1.807) is 0 Å². The van der Waals surface area contributed by atoms with E-state index in [4.69, 9.17) is 5.73 Å². The Morgan fingerprint density at radius 3 is 2.17 bits per heavy atom. The van der Waals surface area contributed by atoms with Gasteiger partial charge in [-0.3, -0.25) is 9.59 Å². The van der Waals surface area contributed by atoms with E-state index in [1.807, 2.05) is 31.2 Å². The molecule has 0 saturated carbocycles. The van der Waals surface area contributed by atoms with Crippen LogP contribution in [0.25, 0.3) is 0 Å². The Balaban J connectivity index is 0.00000529. The molecule has 4 N–H and O–H groups in total. The molecule has 0 aliphatic rings. The molecule has 0 saturated heterocycles. The Bertz CT molecular complexity index is 522. The molecular formula is C18H30ClN3O2. The first kappa shape index (κ1) is 22.4. The van der Waals surface area contributed by atoms with Crippen molar-refractivity contribution in [2.45, 2.75) is 52.0 Å². The second-order valence-corrected chi connectivity index (χ2v) is 6.95. The molecule has 1 rings (SSSR count). The summed E-state index contributed by atoms with van der Waals surface area (Å²) in [5.74, 6) is -0.233. The van der Waals surface area contributed by atoms with Crippen molar-refractivity contribution in [3.8, 4) is 0 Å². The summed E-state index contributed by atoms with van der Waals surface area (Å²) in [6, 6.07) is 7.65. The third-order valence-corrected chi connectivity index (χ3v) is 3.57. The molecule has 1 aromatic rings. The van der Waals surface area contributed by atoms with E-state index in [2.05, 4.69) is 31.4 Å². The van der Waals surface area contributed by atoms with Crippen LogP contribution >= 0.6 is 12.4 Å². The number of nitrogens with one attached hydrogen (secondary N) is 2. The number of carbonyl (C=O) groups is 2. The molecule has 5 nitrogen and oxygen atoms in total.